The number of rotatable bonds is 8. The fourth-order valence-electron chi connectivity index (χ4n) is 1.88. The topological polar surface area (TPSA) is 47.6 Å². The summed E-state index contributed by atoms with van der Waals surface area (Å²) in [5.74, 6) is 2.19. The molecule has 0 heterocycles. The van der Waals surface area contributed by atoms with Crippen LogP contribution in [0, 0.1) is 0 Å². The van der Waals surface area contributed by atoms with Crippen LogP contribution in [-0.2, 0) is 17.2 Å². The minimum atomic E-state index is -0.737. The first-order chi connectivity index (χ1) is 9.06. The molecule has 1 rings (SSSR count). The quantitative estimate of drug-likeness (QED) is 0.788. The van der Waals surface area contributed by atoms with Crippen molar-refractivity contribution >= 4 is 10.8 Å². The van der Waals surface area contributed by atoms with E-state index in [2.05, 4.69) is 12.2 Å². The first-order valence-corrected chi connectivity index (χ1v) is 8.03. The minimum Gasteiger partial charge on any atom is -0.493 e. The standard InChI is InChI=1S/C14H23NO3S/c1-11(15-7-8-19(4)16)9-12-5-6-13(17-2)14(10-12)18-3/h5-6,10-11,15H,7-9H2,1-4H3. The van der Waals surface area contributed by atoms with Gasteiger partial charge in [0.05, 0.1) is 14.2 Å². The molecule has 4 nitrogen and oxygen atoms in total. The van der Waals surface area contributed by atoms with E-state index >= 15 is 0 Å². The first kappa shape index (κ1) is 16.0. The molecule has 0 saturated carbocycles. The van der Waals surface area contributed by atoms with Crippen molar-refractivity contribution < 1.29 is 13.7 Å². The van der Waals surface area contributed by atoms with Crippen LogP contribution >= 0.6 is 0 Å². The molecule has 2 unspecified atom stereocenters. The lowest BCUT2D eigenvalue weighted by atomic mass is 10.1. The van der Waals surface area contributed by atoms with Crippen LogP contribution in [0.3, 0.4) is 0 Å². The predicted molar refractivity (Wildman–Crippen MR) is 79.6 cm³/mol. The lowest BCUT2D eigenvalue weighted by Crippen LogP contribution is -2.31. The van der Waals surface area contributed by atoms with Crippen LogP contribution in [0.2, 0.25) is 0 Å². The van der Waals surface area contributed by atoms with Crippen LogP contribution in [0.1, 0.15) is 12.5 Å². The number of ether oxygens (including phenoxy) is 2. The molecule has 108 valence electrons. The van der Waals surface area contributed by atoms with Crippen LogP contribution in [-0.4, -0.2) is 43.0 Å². The van der Waals surface area contributed by atoms with Gasteiger partial charge >= 0.3 is 0 Å². The molecular formula is C14H23NO3S. The summed E-state index contributed by atoms with van der Waals surface area (Å²) in [7, 11) is 2.53. The first-order valence-electron chi connectivity index (χ1n) is 6.31. The van der Waals surface area contributed by atoms with Gasteiger partial charge in [-0.15, -0.1) is 0 Å². The fourth-order valence-corrected chi connectivity index (χ4v) is 2.29. The summed E-state index contributed by atoms with van der Waals surface area (Å²) < 4.78 is 21.5. The number of methoxy groups -OCH3 is 2. The molecule has 0 aliphatic rings. The fraction of sp³-hybridized carbons (Fsp3) is 0.571. The van der Waals surface area contributed by atoms with Crippen molar-refractivity contribution in [1.29, 1.82) is 0 Å². The number of hydrogen-bond acceptors (Lipinski definition) is 4. The molecule has 2 atom stereocenters. The third kappa shape index (κ3) is 5.61. The Morgan fingerprint density at radius 1 is 1.26 bits per heavy atom. The minimum absolute atomic E-state index is 0.335. The molecule has 1 aromatic rings. The van der Waals surface area contributed by atoms with Crippen molar-refractivity contribution in [1.82, 2.24) is 5.32 Å². The highest BCUT2D eigenvalue weighted by molar-refractivity contribution is 7.84. The largest absolute Gasteiger partial charge is 0.493 e. The van der Waals surface area contributed by atoms with Gasteiger partial charge in [-0.3, -0.25) is 4.21 Å². The van der Waals surface area contributed by atoms with Gasteiger partial charge in [0, 0.05) is 35.4 Å². The zero-order chi connectivity index (χ0) is 14.3. The Labute approximate surface area is 118 Å². The summed E-state index contributed by atoms with van der Waals surface area (Å²) in [5, 5.41) is 3.36. The Morgan fingerprint density at radius 2 is 1.95 bits per heavy atom. The Morgan fingerprint density at radius 3 is 2.53 bits per heavy atom. The third-order valence-corrected chi connectivity index (χ3v) is 3.65. The van der Waals surface area contributed by atoms with Gasteiger partial charge in [-0.2, -0.15) is 0 Å². The lowest BCUT2D eigenvalue weighted by molar-refractivity contribution is 0.354. The zero-order valence-corrected chi connectivity index (χ0v) is 12.9. The second-order valence-corrected chi connectivity index (χ2v) is 6.08. The molecule has 19 heavy (non-hydrogen) atoms. The van der Waals surface area contributed by atoms with Gasteiger partial charge in [0.2, 0.25) is 0 Å². The van der Waals surface area contributed by atoms with E-state index < -0.39 is 10.8 Å². The molecule has 0 bridgehead atoms. The van der Waals surface area contributed by atoms with E-state index in [9.17, 15) is 4.21 Å². The smallest absolute Gasteiger partial charge is 0.160 e. The SMILES string of the molecule is COc1ccc(CC(C)NCCS(C)=O)cc1OC. The van der Waals surface area contributed by atoms with Crippen LogP contribution < -0.4 is 14.8 Å². The maximum Gasteiger partial charge on any atom is 0.160 e. The average molecular weight is 285 g/mol. The van der Waals surface area contributed by atoms with Crippen molar-refractivity contribution in [3.63, 3.8) is 0 Å². The number of hydrogen-bond donors (Lipinski definition) is 1. The van der Waals surface area contributed by atoms with Gasteiger partial charge in [0.1, 0.15) is 0 Å². The number of nitrogens with one attached hydrogen (secondary N) is 1. The molecule has 0 amide bonds. The van der Waals surface area contributed by atoms with E-state index in [0.717, 1.165) is 24.5 Å². The summed E-state index contributed by atoms with van der Waals surface area (Å²) in [4.78, 5) is 0. The van der Waals surface area contributed by atoms with E-state index in [4.69, 9.17) is 9.47 Å². The molecule has 0 saturated heterocycles. The molecule has 1 N–H and O–H groups in total. The van der Waals surface area contributed by atoms with E-state index in [0.29, 0.717) is 11.8 Å². The lowest BCUT2D eigenvalue weighted by Gasteiger charge is -2.15. The molecule has 0 aromatic heterocycles. The second-order valence-electron chi connectivity index (χ2n) is 4.53. The summed E-state index contributed by atoms with van der Waals surface area (Å²) in [5.41, 5.74) is 1.19. The van der Waals surface area contributed by atoms with E-state index in [1.165, 1.54) is 5.56 Å². The highest BCUT2D eigenvalue weighted by Crippen LogP contribution is 2.27. The van der Waals surface area contributed by atoms with Crippen molar-refractivity contribution in [2.75, 3.05) is 32.8 Å². The zero-order valence-electron chi connectivity index (χ0n) is 12.1. The Hall–Kier alpha value is -1.07. The van der Waals surface area contributed by atoms with E-state index in [-0.39, 0.29) is 0 Å². The molecule has 0 aliphatic heterocycles. The van der Waals surface area contributed by atoms with Gasteiger partial charge in [-0.25, -0.2) is 0 Å². The molecule has 0 fully saturated rings. The van der Waals surface area contributed by atoms with Crippen LogP contribution in [0.25, 0.3) is 0 Å². The van der Waals surface area contributed by atoms with Gasteiger partial charge in [0.25, 0.3) is 0 Å². The normalized spacial score (nSPS) is 13.9. The van der Waals surface area contributed by atoms with Crippen molar-refractivity contribution in [2.24, 2.45) is 0 Å². The van der Waals surface area contributed by atoms with Crippen molar-refractivity contribution in [3.05, 3.63) is 23.8 Å². The predicted octanol–water partition coefficient (Wildman–Crippen LogP) is 1.60. The van der Waals surface area contributed by atoms with Crippen LogP contribution in [0.15, 0.2) is 18.2 Å². The maximum absolute atomic E-state index is 11.0. The highest BCUT2D eigenvalue weighted by atomic mass is 32.2. The van der Waals surface area contributed by atoms with E-state index in [1.807, 2.05) is 18.2 Å². The third-order valence-electron chi connectivity index (χ3n) is 2.87. The monoisotopic (exact) mass is 285 g/mol. The Kier molecular flexibility index (Phi) is 6.87. The van der Waals surface area contributed by atoms with Crippen LogP contribution in [0.5, 0.6) is 11.5 Å². The molecule has 5 heteroatoms. The highest BCUT2D eigenvalue weighted by Gasteiger charge is 2.07. The van der Waals surface area contributed by atoms with Crippen molar-refractivity contribution in [2.45, 2.75) is 19.4 Å². The maximum atomic E-state index is 11.0. The van der Waals surface area contributed by atoms with Gasteiger partial charge in [0.15, 0.2) is 11.5 Å². The van der Waals surface area contributed by atoms with Crippen LogP contribution in [0.4, 0.5) is 0 Å². The molecule has 1 aromatic carbocycles. The summed E-state index contributed by atoms with van der Waals surface area (Å²) in [6, 6.07) is 6.29. The van der Waals surface area contributed by atoms with Gasteiger partial charge in [-0.1, -0.05) is 6.07 Å². The molecule has 0 aliphatic carbocycles. The molecule has 0 spiro atoms. The van der Waals surface area contributed by atoms with Crippen molar-refractivity contribution in [3.8, 4) is 11.5 Å². The average Bonchev–Trinajstić information content (AvgIpc) is 2.38. The Balaban J connectivity index is 2.54. The number of benzene rings is 1. The molecular weight excluding hydrogens is 262 g/mol. The Bertz CT molecular complexity index is 423. The second kappa shape index (κ2) is 8.17. The summed E-state index contributed by atoms with van der Waals surface area (Å²) in [6.45, 7) is 2.90. The summed E-state index contributed by atoms with van der Waals surface area (Å²) in [6.07, 6.45) is 2.62. The summed E-state index contributed by atoms with van der Waals surface area (Å²) >= 11 is 0. The van der Waals surface area contributed by atoms with E-state index in [1.54, 1.807) is 20.5 Å². The van der Waals surface area contributed by atoms with Gasteiger partial charge < -0.3 is 14.8 Å². The molecule has 0 radical (unpaired) electrons. The van der Waals surface area contributed by atoms with Gasteiger partial charge in [-0.05, 0) is 31.0 Å².